The number of hydrogen-bond donors (Lipinski definition) is 2. The lowest BCUT2D eigenvalue weighted by atomic mass is 10.2. The minimum atomic E-state index is -4.54. The third kappa shape index (κ3) is 4.72. The molecule has 0 radical (unpaired) electrons. The molecule has 2 amide bonds. The van der Waals surface area contributed by atoms with Gasteiger partial charge in [-0.2, -0.15) is 13.2 Å². The van der Waals surface area contributed by atoms with Gasteiger partial charge in [-0.1, -0.05) is 23.7 Å². The van der Waals surface area contributed by atoms with Crippen LogP contribution in [0.25, 0.3) is 0 Å². The van der Waals surface area contributed by atoms with Crippen molar-refractivity contribution in [3.8, 4) is 0 Å². The highest BCUT2D eigenvalue weighted by Crippen LogP contribution is 2.30. The molecule has 0 fully saturated rings. The first-order valence-electron chi connectivity index (χ1n) is 6.31. The van der Waals surface area contributed by atoms with Gasteiger partial charge < -0.3 is 10.6 Å². The van der Waals surface area contributed by atoms with Crippen molar-refractivity contribution in [2.45, 2.75) is 6.18 Å². The summed E-state index contributed by atoms with van der Waals surface area (Å²) in [6.07, 6.45) is -4.54. The Morgan fingerprint density at radius 3 is 1.91 bits per heavy atom. The second-order valence-corrected chi connectivity index (χ2v) is 4.93. The zero-order chi connectivity index (χ0) is 17.0. The van der Waals surface area contributed by atoms with Crippen molar-refractivity contribution in [3.63, 3.8) is 0 Å². The summed E-state index contributed by atoms with van der Waals surface area (Å²) in [6.45, 7) is 0. The molecule has 0 unspecified atom stereocenters. The second kappa shape index (κ2) is 6.70. The van der Waals surface area contributed by atoms with E-state index in [-0.39, 0.29) is 5.69 Å². The van der Waals surface area contributed by atoms with E-state index >= 15 is 0 Å². The van der Waals surface area contributed by atoms with Crippen LogP contribution < -0.4 is 10.6 Å². The van der Waals surface area contributed by atoms with Crippen LogP contribution in [0.15, 0.2) is 48.5 Å². The van der Waals surface area contributed by atoms with E-state index in [0.717, 1.165) is 18.2 Å². The molecule has 4 nitrogen and oxygen atoms in total. The van der Waals surface area contributed by atoms with Crippen molar-refractivity contribution < 1.29 is 22.8 Å². The molecule has 8 heteroatoms. The highest BCUT2D eigenvalue weighted by Gasteiger charge is 2.30. The summed E-state index contributed by atoms with van der Waals surface area (Å²) in [5, 5.41) is 4.76. The van der Waals surface area contributed by atoms with Crippen molar-refractivity contribution in [3.05, 3.63) is 59.1 Å². The summed E-state index contributed by atoms with van der Waals surface area (Å²) in [4.78, 5) is 23.4. The van der Waals surface area contributed by atoms with E-state index in [9.17, 15) is 22.8 Å². The minimum Gasteiger partial charge on any atom is -0.318 e. The van der Waals surface area contributed by atoms with E-state index < -0.39 is 23.6 Å². The molecule has 23 heavy (non-hydrogen) atoms. The fourth-order valence-electron chi connectivity index (χ4n) is 1.72. The Labute approximate surface area is 134 Å². The third-order valence-electron chi connectivity index (χ3n) is 2.74. The molecule has 0 saturated heterocycles. The number of carbonyl (C=O) groups is 2. The summed E-state index contributed by atoms with van der Waals surface area (Å²) in [5.41, 5.74) is -0.765. The van der Waals surface area contributed by atoms with Crippen molar-refractivity contribution in [2.75, 3.05) is 10.6 Å². The fourth-order valence-corrected chi connectivity index (χ4v) is 1.91. The Balaban J connectivity index is 2.05. The molecule has 0 heterocycles. The minimum absolute atomic E-state index is 0.133. The predicted octanol–water partition coefficient (Wildman–Crippen LogP) is 3.94. The highest BCUT2D eigenvalue weighted by atomic mass is 35.5. The zero-order valence-corrected chi connectivity index (χ0v) is 12.2. The second-order valence-electron chi connectivity index (χ2n) is 4.50. The fraction of sp³-hybridized carbons (Fsp3) is 0.0667. The molecule has 0 aromatic heterocycles. The van der Waals surface area contributed by atoms with Crippen LogP contribution in [0.4, 0.5) is 24.5 Å². The quantitative estimate of drug-likeness (QED) is 0.812. The zero-order valence-electron chi connectivity index (χ0n) is 11.4. The molecule has 0 aliphatic rings. The smallest absolute Gasteiger partial charge is 0.318 e. The SMILES string of the molecule is O=C(Nc1cccc(Cl)c1)C(=O)Nc1cccc(C(F)(F)F)c1. The molecule has 0 saturated carbocycles. The Morgan fingerprint density at radius 2 is 1.39 bits per heavy atom. The van der Waals surface area contributed by atoms with Crippen LogP contribution in [-0.4, -0.2) is 11.8 Å². The van der Waals surface area contributed by atoms with Gasteiger partial charge in [-0.3, -0.25) is 9.59 Å². The van der Waals surface area contributed by atoms with Crippen LogP contribution in [0.1, 0.15) is 5.56 Å². The maximum Gasteiger partial charge on any atom is 0.416 e. The number of hydrogen-bond acceptors (Lipinski definition) is 2. The first kappa shape index (κ1) is 16.8. The number of halogens is 4. The van der Waals surface area contributed by atoms with Crippen LogP contribution in [-0.2, 0) is 15.8 Å². The number of amides is 2. The van der Waals surface area contributed by atoms with Gasteiger partial charge in [0, 0.05) is 16.4 Å². The van der Waals surface area contributed by atoms with Gasteiger partial charge in [-0.25, -0.2) is 0 Å². The molecular formula is C15H10ClF3N2O2. The number of benzene rings is 2. The summed E-state index contributed by atoms with van der Waals surface area (Å²) in [5.74, 6) is -2.12. The number of anilines is 2. The van der Waals surface area contributed by atoms with Gasteiger partial charge in [0.05, 0.1) is 5.56 Å². The molecule has 120 valence electrons. The van der Waals surface area contributed by atoms with E-state index in [1.54, 1.807) is 12.1 Å². The van der Waals surface area contributed by atoms with Crippen LogP contribution in [0, 0.1) is 0 Å². The first-order valence-corrected chi connectivity index (χ1v) is 6.68. The third-order valence-corrected chi connectivity index (χ3v) is 2.97. The van der Waals surface area contributed by atoms with Gasteiger partial charge in [-0.15, -0.1) is 0 Å². The predicted molar refractivity (Wildman–Crippen MR) is 80.2 cm³/mol. The molecule has 0 aliphatic carbocycles. The number of nitrogens with one attached hydrogen (secondary N) is 2. The lowest BCUT2D eigenvalue weighted by molar-refractivity contribution is -0.137. The van der Waals surface area contributed by atoms with E-state index in [1.807, 2.05) is 0 Å². The number of carbonyl (C=O) groups excluding carboxylic acids is 2. The molecule has 2 N–H and O–H groups in total. The van der Waals surface area contributed by atoms with Gasteiger partial charge in [0.2, 0.25) is 0 Å². The van der Waals surface area contributed by atoms with E-state index in [2.05, 4.69) is 10.6 Å². The molecule has 0 bridgehead atoms. The van der Waals surface area contributed by atoms with E-state index in [4.69, 9.17) is 11.6 Å². The van der Waals surface area contributed by atoms with Crippen molar-refractivity contribution in [1.82, 2.24) is 0 Å². The van der Waals surface area contributed by atoms with E-state index in [0.29, 0.717) is 10.7 Å². The van der Waals surface area contributed by atoms with Gasteiger partial charge in [0.15, 0.2) is 0 Å². The van der Waals surface area contributed by atoms with Crippen LogP contribution >= 0.6 is 11.6 Å². The van der Waals surface area contributed by atoms with Crippen molar-refractivity contribution >= 4 is 34.8 Å². The maximum atomic E-state index is 12.6. The largest absolute Gasteiger partial charge is 0.416 e. The topological polar surface area (TPSA) is 58.2 Å². The molecule has 2 rings (SSSR count). The lowest BCUT2D eigenvalue weighted by Crippen LogP contribution is -2.29. The summed E-state index contributed by atoms with van der Waals surface area (Å²) >= 11 is 5.74. The van der Waals surface area contributed by atoms with Crippen molar-refractivity contribution in [2.24, 2.45) is 0 Å². The Morgan fingerprint density at radius 1 is 0.870 bits per heavy atom. The van der Waals surface area contributed by atoms with Gasteiger partial charge >= 0.3 is 18.0 Å². The summed E-state index contributed by atoms with van der Waals surface area (Å²) in [7, 11) is 0. The average Bonchev–Trinajstić information content (AvgIpc) is 2.46. The Bertz CT molecular complexity index is 747. The number of alkyl halides is 3. The molecule has 0 atom stereocenters. The van der Waals surface area contributed by atoms with Gasteiger partial charge in [0.25, 0.3) is 0 Å². The molecule has 2 aromatic carbocycles. The molecular weight excluding hydrogens is 333 g/mol. The summed E-state index contributed by atoms with van der Waals surface area (Å²) in [6, 6.07) is 10.1. The average molecular weight is 343 g/mol. The molecule has 0 aliphatic heterocycles. The van der Waals surface area contributed by atoms with Crippen molar-refractivity contribution in [1.29, 1.82) is 0 Å². The Hall–Kier alpha value is -2.54. The highest BCUT2D eigenvalue weighted by molar-refractivity contribution is 6.43. The summed E-state index contributed by atoms with van der Waals surface area (Å²) < 4.78 is 37.8. The lowest BCUT2D eigenvalue weighted by Gasteiger charge is -2.10. The van der Waals surface area contributed by atoms with Gasteiger partial charge in [-0.05, 0) is 36.4 Å². The van der Waals surface area contributed by atoms with E-state index in [1.165, 1.54) is 18.2 Å². The Kier molecular flexibility index (Phi) is 4.90. The molecule has 0 spiro atoms. The van der Waals surface area contributed by atoms with Crippen LogP contribution in [0.3, 0.4) is 0 Å². The first-order chi connectivity index (χ1) is 10.8. The number of rotatable bonds is 2. The normalized spacial score (nSPS) is 11.0. The standard InChI is InChI=1S/C15H10ClF3N2O2/c16-10-4-2-6-12(8-10)21-14(23)13(22)20-11-5-1-3-9(7-11)15(17,18)19/h1-8H,(H,20,22)(H,21,23). The monoisotopic (exact) mass is 342 g/mol. The van der Waals surface area contributed by atoms with Crippen LogP contribution in [0.2, 0.25) is 5.02 Å². The van der Waals surface area contributed by atoms with Crippen LogP contribution in [0.5, 0.6) is 0 Å². The van der Waals surface area contributed by atoms with Gasteiger partial charge in [0.1, 0.15) is 0 Å². The maximum absolute atomic E-state index is 12.6. The molecule has 2 aromatic rings.